The van der Waals surface area contributed by atoms with E-state index in [1.165, 1.54) is 38.9 Å². The molecule has 1 rings (SSSR count). The molecule has 1 aliphatic heterocycles. The van der Waals surface area contributed by atoms with E-state index in [4.69, 9.17) is 15.0 Å². The van der Waals surface area contributed by atoms with Crippen LogP contribution in [0.1, 0.15) is 26.2 Å². The van der Waals surface area contributed by atoms with Crippen molar-refractivity contribution in [1.29, 1.82) is 0 Å². The van der Waals surface area contributed by atoms with Crippen molar-refractivity contribution in [2.24, 2.45) is 0 Å². The second kappa shape index (κ2) is 8.01. The summed E-state index contributed by atoms with van der Waals surface area (Å²) in [5.74, 6) is -1.19. The lowest BCUT2D eigenvalue weighted by atomic mass is 10.1. The van der Waals surface area contributed by atoms with Gasteiger partial charge in [0.1, 0.15) is 6.61 Å². The molecule has 1 fully saturated rings. The third-order valence-corrected chi connectivity index (χ3v) is 2.03. The van der Waals surface area contributed by atoms with Crippen LogP contribution in [0.3, 0.4) is 0 Å². The van der Waals surface area contributed by atoms with Crippen molar-refractivity contribution in [2.75, 3.05) is 26.2 Å². The molecule has 0 aliphatic carbocycles. The largest absolute Gasteiger partial charge is 0.480 e. The van der Waals surface area contributed by atoms with Crippen LogP contribution in [0.2, 0.25) is 0 Å². The third-order valence-electron chi connectivity index (χ3n) is 2.03. The van der Waals surface area contributed by atoms with Crippen molar-refractivity contribution >= 4 is 5.97 Å². The zero-order valence-corrected chi connectivity index (χ0v) is 8.20. The molecule has 13 heavy (non-hydrogen) atoms. The molecule has 1 aliphatic rings. The van der Waals surface area contributed by atoms with Gasteiger partial charge in [0.05, 0.1) is 0 Å². The van der Waals surface area contributed by atoms with Gasteiger partial charge in [-0.1, -0.05) is 13.3 Å². The van der Waals surface area contributed by atoms with E-state index in [0.29, 0.717) is 0 Å². The second-order valence-corrected chi connectivity index (χ2v) is 3.05. The Balaban J connectivity index is 0.000000252. The van der Waals surface area contributed by atoms with Gasteiger partial charge in [0.25, 0.3) is 0 Å². The summed E-state index contributed by atoms with van der Waals surface area (Å²) in [4.78, 5) is 11.6. The van der Waals surface area contributed by atoms with E-state index in [0.717, 1.165) is 0 Å². The van der Waals surface area contributed by atoms with Crippen LogP contribution in [-0.2, 0) is 4.79 Å². The van der Waals surface area contributed by atoms with Gasteiger partial charge in [-0.2, -0.15) is 0 Å². The Morgan fingerprint density at radius 1 is 1.31 bits per heavy atom. The fourth-order valence-corrected chi connectivity index (χ4v) is 1.28. The Kier molecular flexibility index (Phi) is 7.63. The fourth-order valence-electron chi connectivity index (χ4n) is 1.28. The van der Waals surface area contributed by atoms with E-state index in [1.54, 1.807) is 0 Å². The number of hydrogen-bond acceptors (Lipinski definition) is 3. The van der Waals surface area contributed by atoms with Gasteiger partial charge in [0, 0.05) is 0 Å². The highest BCUT2D eigenvalue weighted by atomic mass is 16.4. The lowest BCUT2D eigenvalue weighted by Crippen LogP contribution is -2.29. The van der Waals surface area contributed by atoms with Gasteiger partial charge >= 0.3 is 5.97 Å². The van der Waals surface area contributed by atoms with Crippen LogP contribution < -0.4 is 0 Å². The van der Waals surface area contributed by atoms with E-state index < -0.39 is 12.6 Å². The van der Waals surface area contributed by atoms with E-state index in [1.807, 2.05) is 0 Å². The number of carbonyl (C=O) groups is 1. The SMILES string of the molecule is CCN1CCCCC1.O=C(O)CO. The number of aliphatic hydroxyl groups excluding tert-OH is 1. The van der Waals surface area contributed by atoms with Gasteiger partial charge in [-0.25, -0.2) is 4.79 Å². The third kappa shape index (κ3) is 7.74. The molecule has 0 aromatic heterocycles. The summed E-state index contributed by atoms with van der Waals surface area (Å²) in [5, 5.41) is 15.0. The number of hydrogen-bond donors (Lipinski definition) is 2. The van der Waals surface area contributed by atoms with Crippen LogP contribution in [0.5, 0.6) is 0 Å². The summed E-state index contributed by atoms with van der Waals surface area (Å²) < 4.78 is 0. The molecule has 78 valence electrons. The van der Waals surface area contributed by atoms with Crippen LogP contribution >= 0.6 is 0 Å². The summed E-state index contributed by atoms with van der Waals surface area (Å²) in [6.07, 6.45) is 4.30. The molecule has 1 saturated heterocycles. The number of rotatable bonds is 2. The van der Waals surface area contributed by atoms with Gasteiger partial charge < -0.3 is 15.1 Å². The van der Waals surface area contributed by atoms with Crippen LogP contribution in [0.15, 0.2) is 0 Å². The van der Waals surface area contributed by atoms with E-state index in [2.05, 4.69) is 11.8 Å². The molecule has 0 atom stereocenters. The summed E-state index contributed by atoms with van der Waals surface area (Å²) in [5.41, 5.74) is 0. The lowest BCUT2D eigenvalue weighted by molar-refractivity contribution is -0.140. The smallest absolute Gasteiger partial charge is 0.329 e. The summed E-state index contributed by atoms with van der Waals surface area (Å²) >= 11 is 0. The highest BCUT2D eigenvalue weighted by Crippen LogP contribution is 2.06. The van der Waals surface area contributed by atoms with Gasteiger partial charge in [-0.3, -0.25) is 0 Å². The lowest BCUT2D eigenvalue weighted by Gasteiger charge is -2.24. The molecule has 4 heteroatoms. The number of piperidine rings is 1. The first-order valence-electron chi connectivity index (χ1n) is 4.75. The molecule has 0 bridgehead atoms. The maximum Gasteiger partial charge on any atom is 0.329 e. The van der Waals surface area contributed by atoms with Crippen molar-refractivity contribution < 1.29 is 15.0 Å². The minimum Gasteiger partial charge on any atom is -0.480 e. The van der Waals surface area contributed by atoms with Crippen LogP contribution in [0.4, 0.5) is 0 Å². The number of carboxylic acid groups (broad SMARTS) is 1. The number of carboxylic acids is 1. The zero-order chi connectivity index (χ0) is 10.1. The molecule has 4 nitrogen and oxygen atoms in total. The van der Waals surface area contributed by atoms with E-state index in [9.17, 15) is 0 Å². The summed E-state index contributed by atoms with van der Waals surface area (Å²) in [6.45, 7) is 5.40. The molecule has 0 spiro atoms. The number of aliphatic carboxylic acids is 1. The van der Waals surface area contributed by atoms with Gasteiger partial charge in [0.15, 0.2) is 0 Å². The Hall–Kier alpha value is -0.610. The molecule has 0 amide bonds. The second-order valence-electron chi connectivity index (χ2n) is 3.05. The highest BCUT2D eigenvalue weighted by molar-refractivity contribution is 5.67. The Labute approximate surface area is 79.2 Å². The highest BCUT2D eigenvalue weighted by Gasteiger charge is 2.05. The molecular weight excluding hydrogens is 170 g/mol. The topological polar surface area (TPSA) is 60.8 Å². The minimum atomic E-state index is -1.19. The molecule has 0 aromatic rings. The van der Waals surface area contributed by atoms with Crippen molar-refractivity contribution in [2.45, 2.75) is 26.2 Å². The maximum atomic E-state index is 9.12. The zero-order valence-electron chi connectivity index (χ0n) is 8.20. The number of nitrogens with zero attached hydrogens (tertiary/aromatic N) is 1. The first-order valence-corrected chi connectivity index (χ1v) is 4.75. The Bertz CT molecular complexity index is 133. The molecule has 0 aromatic carbocycles. The van der Waals surface area contributed by atoms with Crippen LogP contribution in [-0.4, -0.2) is 47.3 Å². The number of aliphatic hydroxyl groups is 1. The maximum absolute atomic E-state index is 9.12. The predicted octanol–water partition coefficient (Wildman–Crippen LogP) is 0.556. The Morgan fingerprint density at radius 2 is 1.77 bits per heavy atom. The van der Waals surface area contributed by atoms with Crippen molar-refractivity contribution in [3.63, 3.8) is 0 Å². The van der Waals surface area contributed by atoms with Gasteiger partial charge in [0.2, 0.25) is 0 Å². The first-order chi connectivity index (χ1) is 6.20. The average Bonchev–Trinajstić information content (AvgIpc) is 2.20. The van der Waals surface area contributed by atoms with Gasteiger partial charge in [-0.15, -0.1) is 0 Å². The minimum absolute atomic E-state index is 0.778. The van der Waals surface area contributed by atoms with E-state index in [-0.39, 0.29) is 0 Å². The van der Waals surface area contributed by atoms with Crippen molar-refractivity contribution in [3.8, 4) is 0 Å². The molecular formula is C9H19NO3. The van der Waals surface area contributed by atoms with Crippen molar-refractivity contribution in [1.82, 2.24) is 4.90 Å². The predicted molar refractivity (Wildman–Crippen MR) is 50.7 cm³/mol. The fraction of sp³-hybridized carbons (Fsp3) is 0.889. The van der Waals surface area contributed by atoms with Gasteiger partial charge in [-0.05, 0) is 32.5 Å². The molecule has 1 heterocycles. The quantitative estimate of drug-likeness (QED) is 0.666. The monoisotopic (exact) mass is 189 g/mol. The standard InChI is InChI=1S/C7H15N.C2H4O3/c1-2-8-6-4-3-5-7-8;3-1-2(4)5/h2-7H2,1H3;3H,1H2,(H,4,5). The van der Waals surface area contributed by atoms with Crippen molar-refractivity contribution in [3.05, 3.63) is 0 Å². The van der Waals surface area contributed by atoms with Crippen LogP contribution in [0, 0.1) is 0 Å². The average molecular weight is 189 g/mol. The molecule has 0 unspecified atom stereocenters. The summed E-state index contributed by atoms with van der Waals surface area (Å²) in [7, 11) is 0. The normalized spacial score (nSPS) is 17.4. The molecule has 0 radical (unpaired) electrons. The molecule has 0 saturated carbocycles. The number of likely N-dealkylation sites (tertiary alicyclic amines) is 1. The van der Waals surface area contributed by atoms with Crippen LogP contribution in [0.25, 0.3) is 0 Å². The van der Waals surface area contributed by atoms with E-state index >= 15 is 0 Å². The molecule has 2 N–H and O–H groups in total. The summed E-state index contributed by atoms with van der Waals surface area (Å²) in [6, 6.07) is 0. The first kappa shape index (κ1) is 12.4. The Morgan fingerprint density at radius 3 is 2.00 bits per heavy atom.